The zero-order valence-electron chi connectivity index (χ0n) is 11.4. The van der Waals surface area contributed by atoms with Crippen molar-refractivity contribution >= 4 is 15.9 Å². The summed E-state index contributed by atoms with van der Waals surface area (Å²) < 4.78 is 7.12. The lowest BCUT2D eigenvalue weighted by molar-refractivity contribution is 0.0491. The third-order valence-electron chi connectivity index (χ3n) is 3.49. The number of benzene rings is 1. The maximum atomic E-state index is 6.04. The molecule has 0 saturated carbocycles. The van der Waals surface area contributed by atoms with Crippen LogP contribution in [0.15, 0.2) is 28.7 Å². The van der Waals surface area contributed by atoms with Crippen LogP contribution in [0.25, 0.3) is 0 Å². The molecule has 0 atom stereocenters. The lowest BCUT2D eigenvalue weighted by atomic mass is 9.99. The van der Waals surface area contributed by atoms with Crippen LogP contribution in [0, 0.1) is 0 Å². The second-order valence-corrected chi connectivity index (χ2v) is 6.85. The van der Waals surface area contributed by atoms with Gasteiger partial charge in [-0.1, -0.05) is 22.0 Å². The average Bonchev–Trinajstić information content (AvgIpc) is 2.28. The van der Waals surface area contributed by atoms with E-state index in [2.05, 4.69) is 41.6 Å². The molecule has 1 heterocycles. The first-order chi connectivity index (χ1) is 8.45. The zero-order valence-corrected chi connectivity index (χ0v) is 13.0. The third-order valence-corrected chi connectivity index (χ3v) is 3.98. The lowest BCUT2D eigenvalue weighted by Gasteiger charge is -2.40. The highest BCUT2D eigenvalue weighted by Crippen LogP contribution is 2.25. The monoisotopic (exact) mass is 311 g/mol. The highest BCUT2D eigenvalue weighted by atomic mass is 79.9. The molecule has 0 aliphatic carbocycles. The van der Waals surface area contributed by atoms with Crippen molar-refractivity contribution in [2.45, 2.75) is 45.3 Å². The Morgan fingerprint density at radius 2 is 1.89 bits per heavy atom. The number of piperidine rings is 1. The molecule has 1 aromatic carbocycles. The number of hydrogen-bond donors (Lipinski definition) is 0. The summed E-state index contributed by atoms with van der Waals surface area (Å²) in [6, 6.07) is 8.11. The number of halogens is 1. The fourth-order valence-corrected chi connectivity index (χ4v) is 2.76. The molecule has 1 saturated heterocycles. The van der Waals surface area contributed by atoms with Crippen LogP contribution in [-0.2, 0) is 0 Å². The average molecular weight is 312 g/mol. The van der Waals surface area contributed by atoms with Gasteiger partial charge in [-0.15, -0.1) is 0 Å². The molecule has 0 bridgehead atoms. The smallest absolute Gasteiger partial charge is 0.120 e. The Morgan fingerprint density at radius 1 is 1.22 bits per heavy atom. The van der Waals surface area contributed by atoms with Gasteiger partial charge in [-0.05, 0) is 51.8 Å². The van der Waals surface area contributed by atoms with E-state index in [4.69, 9.17) is 4.74 Å². The van der Waals surface area contributed by atoms with Gasteiger partial charge in [0.25, 0.3) is 0 Å². The van der Waals surface area contributed by atoms with Gasteiger partial charge in [-0.25, -0.2) is 0 Å². The van der Waals surface area contributed by atoms with Crippen LogP contribution in [0.1, 0.15) is 33.6 Å². The molecule has 1 aromatic rings. The highest BCUT2D eigenvalue weighted by molar-refractivity contribution is 9.10. The second-order valence-electron chi connectivity index (χ2n) is 5.93. The van der Waals surface area contributed by atoms with Crippen molar-refractivity contribution in [3.8, 4) is 5.75 Å². The first-order valence-corrected chi connectivity index (χ1v) is 7.42. The van der Waals surface area contributed by atoms with E-state index < -0.39 is 0 Å². The van der Waals surface area contributed by atoms with Gasteiger partial charge in [-0.3, -0.25) is 4.90 Å². The number of ether oxygens (including phenoxy) is 1. The molecule has 0 unspecified atom stereocenters. The molecule has 3 heteroatoms. The van der Waals surface area contributed by atoms with E-state index in [0.717, 1.165) is 36.2 Å². The molecular formula is C15H22BrNO. The Labute approximate surface area is 118 Å². The van der Waals surface area contributed by atoms with E-state index in [1.54, 1.807) is 0 Å². The minimum Gasteiger partial charge on any atom is -0.490 e. The van der Waals surface area contributed by atoms with Crippen molar-refractivity contribution in [1.82, 2.24) is 4.90 Å². The van der Waals surface area contributed by atoms with Gasteiger partial charge >= 0.3 is 0 Å². The summed E-state index contributed by atoms with van der Waals surface area (Å²) in [5, 5.41) is 0. The topological polar surface area (TPSA) is 12.5 Å². The molecule has 0 aromatic heterocycles. The summed E-state index contributed by atoms with van der Waals surface area (Å²) in [7, 11) is 0. The predicted octanol–water partition coefficient (Wildman–Crippen LogP) is 4.09. The minimum absolute atomic E-state index is 0.279. The Kier molecular flexibility index (Phi) is 4.33. The second kappa shape index (κ2) is 5.62. The first-order valence-electron chi connectivity index (χ1n) is 6.62. The molecule has 2 nitrogen and oxygen atoms in total. The van der Waals surface area contributed by atoms with Crippen molar-refractivity contribution < 1.29 is 4.74 Å². The van der Waals surface area contributed by atoms with Crippen LogP contribution in [0.2, 0.25) is 0 Å². The lowest BCUT2D eigenvalue weighted by Crippen LogP contribution is -2.48. The summed E-state index contributed by atoms with van der Waals surface area (Å²) >= 11 is 3.47. The SMILES string of the molecule is CC(C)(C)N1CCC(Oc2cccc(Br)c2)CC1. The van der Waals surface area contributed by atoms with Gasteiger partial charge in [0, 0.05) is 23.1 Å². The maximum absolute atomic E-state index is 6.04. The van der Waals surface area contributed by atoms with Crippen LogP contribution < -0.4 is 4.74 Å². The molecule has 1 fully saturated rings. The van der Waals surface area contributed by atoms with Gasteiger partial charge in [0.2, 0.25) is 0 Å². The molecule has 1 aliphatic rings. The van der Waals surface area contributed by atoms with Crippen LogP contribution in [0.3, 0.4) is 0 Å². The standard InChI is InChI=1S/C15H22BrNO/c1-15(2,3)17-9-7-13(8-10-17)18-14-6-4-5-12(16)11-14/h4-6,11,13H,7-10H2,1-3H3. The van der Waals surface area contributed by atoms with Crippen LogP contribution in [0.5, 0.6) is 5.75 Å². The maximum Gasteiger partial charge on any atom is 0.120 e. The van der Waals surface area contributed by atoms with Crippen molar-refractivity contribution in [3.63, 3.8) is 0 Å². The van der Waals surface area contributed by atoms with Crippen molar-refractivity contribution in [1.29, 1.82) is 0 Å². The molecule has 0 spiro atoms. The Balaban J connectivity index is 1.87. The van der Waals surface area contributed by atoms with E-state index in [9.17, 15) is 0 Å². The third kappa shape index (κ3) is 3.72. The van der Waals surface area contributed by atoms with Crippen molar-refractivity contribution in [2.24, 2.45) is 0 Å². The zero-order chi connectivity index (χ0) is 13.2. The van der Waals surface area contributed by atoms with Crippen molar-refractivity contribution in [2.75, 3.05) is 13.1 Å². The number of hydrogen-bond acceptors (Lipinski definition) is 2. The van der Waals surface area contributed by atoms with E-state index in [1.807, 2.05) is 24.3 Å². The highest BCUT2D eigenvalue weighted by Gasteiger charge is 2.27. The Morgan fingerprint density at radius 3 is 2.44 bits per heavy atom. The summed E-state index contributed by atoms with van der Waals surface area (Å²) in [5.74, 6) is 0.971. The summed E-state index contributed by atoms with van der Waals surface area (Å²) in [6.07, 6.45) is 2.59. The van der Waals surface area contributed by atoms with Crippen LogP contribution in [-0.4, -0.2) is 29.6 Å². The number of rotatable bonds is 2. The fourth-order valence-electron chi connectivity index (χ4n) is 2.38. The van der Waals surface area contributed by atoms with E-state index >= 15 is 0 Å². The number of likely N-dealkylation sites (tertiary alicyclic amines) is 1. The molecule has 18 heavy (non-hydrogen) atoms. The molecule has 0 radical (unpaired) electrons. The Bertz CT molecular complexity index is 392. The van der Waals surface area contributed by atoms with E-state index in [1.165, 1.54) is 0 Å². The first kappa shape index (κ1) is 13.9. The van der Waals surface area contributed by atoms with Gasteiger partial charge < -0.3 is 4.74 Å². The van der Waals surface area contributed by atoms with Crippen LogP contribution >= 0.6 is 15.9 Å². The quantitative estimate of drug-likeness (QED) is 0.815. The molecule has 1 aliphatic heterocycles. The molecule has 2 rings (SSSR count). The molecular weight excluding hydrogens is 290 g/mol. The van der Waals surface area contributed by atoms with Crippen molar-refractivity contribution in [3.05, 3.63) is 28.7 Å². The van der Waals surface area contributed by atoms with Gasteiger partial charge in [0.15, 0.2) is 0 Å². The Hall–Kier alpha value is -0.540. The molecule has 0 amide bonds. The summed E-state index contributed by atoms with van der Waals surface area (Å²) in [5.41, 5.74) is 0.279. The minimum atomic E-state index is 0.279. The van der Waals surface area contributed by atoms with Crippen LogP contribution in [0.4, 0.5) is 0 Å². The predicted molar refractivity (Wildman–Crippen MR) is 79.1 cm³/mol. The number of nitrogens with zero attached hydrogens (tertiary/aromatic N) is 1. The van der Waals surface area contributed by atoms with Gasteiger partial charge in [-0.2, -0.15) is 0 Å². The molecule has 100 valence electrons. The van der Waals surface area contributed by atoms with E-state index in [-0.39, 0.29) is 5.54 Å². The van der Waals surface area contributed by atoms with Gasteiger partial charge in [0.05, 0.1) is 0 Å². The van der Waals surface area contributed by atoms with E-state index in [0.29, 0.717) is 6.10 Å². The summed E-state index contributed by atoms with van der Waals surface area (Å²) in [4.78, 5) is 2.54. The van der Waals surface area contributed by atoms with Gasteiger partial charge in [0.1, 0.15) is 11.9 Å². The summed E-state index contributed by atoms with van der Waals surface area (Å²) in [6.45, 7) is 9.10. The molecule has 0 N–H and O–H groups in total. The normalized spacial score (nSPS) is 18.9. The fraction of sp³-hybridized carbons (Fsp3) is 0.600. The largest absolute Gasteiger partial charge is 0.490 e.